The minimum absolute atomic E-state index is 0.0163. The fourth-order valence-electron chi connectivity index (χ4n) is 3.41. The number of carbonyl (C=O) groups excluding carboxylic acids is 2. The van der Waals surface area contributed by atoms with Gasteiger partial charge in [0.1, 0.15) is 0 Å². The number of amides is 1. The third-order valence-electron chi connectivity index (χ3n) is 4.46. The summed E-state index contributed by atoms with van der Waals surface area (Å²) in [5.41, 5.74) is 1.19. The summed E-state index contributed by atoms with van der Waals surface area (Å²) < 4.78 is 5.84. The van der Waals surface area contributed by atoms with E-state index in [-0.39, 0.29) is 29.8 Å². The Morgan fingerprint density at radius 1 is 1.22 bits per heavy atom. The van der Waals surface area contributed by atoms with Crippen molar-refractivity contribution in [3.63, 3.8) is 0 Å². The molecule has 1 saturated heterocycles. The maximum absolute atomic E-state index is 12.5. The predicted molar refractivity (Wildman–Crippen MR) is 93.8 cm³/mol. The molecule has 0 aromatic heterocycles. The first kappa shape index (κ1) is 18.3. The third kappa shape index (κ3) is 5.23. The number of methoxy groups -OCH3 is 1. The predicted octanol–water partition coefficient (Wildman–Crippen LogP) is 2.86. The summed E-state index contributed by atoms with van der Waals surface area (Å²) in [5.74, 6) is -0.116. The molecule has 1 aliphatic rings. The van der Waals surface area contributed by atoms with Gasteiger partial charge in [-0.2, -0.15) is 0 Å². The standard InChI is InChI=1S/C15H18NO3.3CH3.Sn/c1-10-12(9-14(17)19-2)13(16-15(10)18)8-11-6-4-3-5-7-11;;;;/h3-7,10,12-13H,1,8-9H2,2H3,(H,16,18);3*1H3;/t10-,12-,13+;;;;/m1..../s1. The van der Waals surface area contributed by atoms with Gasteiger partial charge in [-0.3, -0.25) is 0 Å². The summed E-state index contributed by atoms with van der Waals surface area (Å²) in [6.45, 7) is 0. The Morgan fingerprint density at radius 2 is 1.87 bits per heavy atom. The first-order chi connectivity index (χ1) is 10.8. The maximum atomic E-state index is 12.5. The van der Waals surface area contributed by atoms with Crippen LogP contribution in [-0.2, 0) is 20.7 Å². The molecule has 1 heterocycles. The van der Waals surface area contributed by atoms with E-state index < -0.39 is 18.4 Å². The van der Waals surface area contributed by atoms with Crippen LogP contribution in [0.1, 0.15) is 12.0 Å². The van der Waals surface area contributed by atoms with E-state index in [1.807, 2.05) is 18.2 Å². The Morgan fingerprint density at radius 3 is 2.43 bits per heavy atom. The van der Waals surface area contributed by atoms with Crippen molar-refractivity contribution in [2.75, 3.05) is 7.11 Å². The van der Waals surface area contributed by atoms with Crippen molar-refractivity contribution in [2.45, 2.75) is 38.1 Å². The minimum atomic E-state index is -2.14. The molecule has 1 N–H and O–H groups in total. The number of benzene rings is 1. The fourth-order valence-corrected chi connectivity index (χ4v) is 8.57. The molecule has 1 amide bonds. The van der Waals surface area contributed by atoms with Gasteiger partial charge in [-0.15, -0.1) is 0 Å². The summed E-state index contributed by atoms with van der Waals surface area (Å²) in [4.78, 5) is 31.3. The number of carbonyl (C=O) groups is 2. The Bertz CT molecular complexity index is 553. The second kappa shape index (κ2) is 7.69. The number of nitrogens with one attached hydrogen (secondary N) is 1. The van der Waals surface area contributed by atoms with E-state index in [1.165, 1.54) is 12.7 Å². The molecular formula is C18H27NO3Sn. The molecule has 1 aromatic rings. The molecule has 1 aliphatic heterocycles. The average molecular weight is 424 g/mol. The normalized spacial score (nSPS) is 24.3. The number of hydrogen-bond donors (Lipinski definition) is 1. The Kier molecular flexibility index (Phi) is 6.12. The third-order valence-corrected chi connectivity index (χ3v) is 9.21. The van der Waals surface area contributed by atoms with Gasteiger partial charge in [0.15, 0.2) is 0 Å². The van der Waals surface area contributed by atoms with Gasteiger partial charge in [-0.1, -0.05) is 0 Å². The van der Waals surface area contributed by atoms with Crippen LogP contribution in [0.15, 0.2) is 30.3 Å². The van der Waals surface area contributed by atoms with E-state index in [9.17, 15) is 9.59 Å². The van der Waals surface area contributed by atoms with Gasteiger partial charge in [0.25, 0.3) is 0 Å². The summed E-state index contributed by atoms with van der Waals surface area (Å²) in [7, 11) is 1.41. The van der Waals surface area contributed by atoms with Crippen LogP contribution in [0.2, 0.25) is 19.3 Å². The number of hydrogen-bond acceptors (Lipinski definition) is 3. The van der Waals surface area contributed by atoms with Crippen molar-refractivity contribution in [3.05, 3.63) is 35.9 Å². The summed E-state index contributed by atoms with van der Waals surface area (Å²) in [5, 5.41) is 3.14. The van der Waals surface area contributed by atoms with Crippen LogP contribution in [0.5, 0.6) is 0 Å². The number of ether oxygens (including phenoxy) is 1. The summed E-state index contributed by atoms with van der Waals surface area (Å²) >= 11 is -2.14. The van der Waals surface area contributed by atoms with Crippen molar-refractivity contribution in [1.29, 1.82) is 0 Å². The molecule has 23 heavy (non-hydrogen) atoms. The molecule has 0 saturated carbocycles. The second-order valence-electron chi connectivity index (χ2n) is 7.62. The van der Waals surface area contributed by atoms with Crippen molar-refractivity contribution >= 4 is 30.3 Å². The van der Waals surface area contributed by atoms with Crippen molar-refractivity contribution < 1.29 is 14.3 Å². The van der Waals surface area contributed by atoms with E-state index in [4.69, 9.17) is 4.74 Å². The molecule has 0 spiro atoms. The topological polar surface area (TPSA) is 55.4 Å². The van der Waals surface area contributed by atoms with E-state index in [2.05, 4.69) is 32.3 Å². The van der Waals surface area contributed by atoms with Gasteiger partial charge in [0.05, 0.1) is 0 Å². The quantitative estimate of drug-likeness (QED) is 0.565. The van der Waals surface area contributed by atoms with Gasteiger partial charge >= 0.3 is 143 Å². The van der Waals surface area contributed by atoms with E-state index >= 15 is 0 Å². The Hall–Kier alpha value is -1.04. The molecule has 126 valence electrons. The van der Waals surface area contributed by atoms with Crippen molar-refractivity contribution in [2.24, 2.45) is 11.8 Å². The molecule has 0 aliphatic carbocycles. The summed E-state index contributed by atoms with van der Waals surface area (Å²) in [6.07, 6.45) is 1.09. The number of rotatable bonds is 6. The molecule has 0 unspecified atom stereocenters. The van der Waals surface area contributed by atoms with Gasteiger partial charge < -0.3 is 0 Å². The first-order valence-corrected chi connectivity index (χ1v) is 18.8. The SMILES string of the molecule is COC(=O)C[C@H]1[C@H](Cc2ccccc2)NC(=O)[C@@H]1[CH2][Sn]([CH3])([CH3])[CH3]. The van der Waals surface area contributed by atoms with Crippen LogP contribution in [0.25, 0.3) is 0 Å². The molecule has 5 heteroatoms. The van der Waals surface area contributed by atoms with E-state index in [0.29, 0.717) is 6.42 Å². The fraction of sp³-hybridized carbons (Fsp3) is 0.556. The van der Waals surface area contributed by atoms with Crippen LogP contribution >= 0.6 is 0 Å². The first-order valence-electron chi connectivity index (χ1n) is 8.21. The second-order valence-corrected chi connectivity index (χ2v) is 23.4. The van der Waals surface area contributed by atoms with Crippen LogP contribution in [0, 0.1) is 11.8 Å². The van der Waals surface area contributed by atoms with E-state index in [1.54, 1.807) is 0 Å². The zero-order valence-corrected chi connectivity index (χ0v) is 17.3. The van der Waals surface area contributed by atoms with Gasteiger partial charge in [-0.25, -0.2) is 0 Å². The molecule has 4 nitrogen and oxygen atoms in total. The van der Waals surface area contributed by atoms with Crippen LogP contribution in [0.3, 0.4) is 0 Å². The van der Waals surface area contributed by atoms with Gasteiger partial charge in [0, 0.05) is 0 Å². The molecular weight excluding hydrogens is 397 g/mol. The number of esters is 1. The van der Waals surface area contributed by atoms with Gasteiger partial charge in [0.2, 0.25) is 0 Å². The Labute approximate surface area is 142 Å². The monoisotopic (exact) mass is 425 g/mol. The molecule has 3 atom stereocenters. The van der Waals surface area contributed by atoms with Crippen LogP contribution < -0.4 is 5.32 Å². The zero-order valence-electron chi connectivity index (χ0n) is 14.5. The molecule has 0 bridgehead atoms. The molecule has 0 radical (unpaired) electrons. The van der Waals surface area contributed by atoms with Crippen molar-refractivity contribution in [1.82, 2.24) is 5.32 Å². The van der Waals surface area contributed by atoms with Crippen LogP contribution in [-0.4, -0.2) is 43.4 Å². The Balaban J connectivity index is 2.19. The summed E-state index contributed by atoms with van der Waals surface area (Å²) in [6, 6.07) is 10.1. The van der Waals surface area contributed by atoms with E-state index in [0.717, 1.165) is 10.9 Å². The molecule has 2 rings (SSSR count). The zero-order chi connectivity index (χ0) is 17.0. The average Bonchev–Trinajstić information content (AvgIpc) is 2.75. The van der Waals surface area contributed by atoms with Crippen molar-refractivity contribution in [3.8, 4) is 0 Å². The van der Waals surface area contributed by atoms with Gasteiger partial charge in [-0.05, 0) is 0 Å². The molecule has 1 aromatic carbocycles. The van der Waals surface area contributed by atoms with Crippen LogP contribution in [0.4, 0.5) is 0 Å². The molecule has 1 fully saturated rings.